The minimum absolute atomic E-state index is 0.263. The predicted octanol–water partition coefficient (Wildman–Crippen LogP) is 2.62. The zero-order valence-electron chi connectivity index (χ0n) is 9.40. The Hall–Kier alpha value is -1.03. The first kappa shape index (κ1) is 11.5. The zero-order chi connectivity index (χ0) is 11.9. The van der Waals surface area contributed by atoms with Crippen LogP contribution in [0, 0.1) is 0 Å². The Labute approximate surface area is 99.2 Å². The Morgan fingerprint density at radius 1 is 1.62 bits per heavy atom. The van der Waals surface area contributed by atoms with Crippen LogP contribution in [0.5, 0.6) is 0 Å². The molecule has 0 fully saturated rings. The van der Waals surface area contributed by atoms with Gasteiger partial charge in [0.2, 0.25) is 0 Å². The Morgan fingerprint density at radius 2 is 2.31 bits per heavy atom. The molecular weight excluding hydrogens is 228 g/mol. The molecule has 0 amide bonds. The lowest BCUT2D eigenvalue weighted by Crippen LogP contribution is -2.23. The second-order valence-corrected chi connectivity index (χ2v) is 4.84. The fourth-order valence-corrected chi connectivity index (χ4v) is 2.61. The molecule has 88 valence electrons. The normalized spacial score (nSPS) is 19.9. The Kier molecular flexibility index (Phi) is 2.93. The van der Waals surface area contributed by atoms with Gasteiger partial charge < -0.3 is 9.67 Å². The maximum atomic E-state index is 11.1. The van der Waals surface area contributed by atoms with Crippen molar-refractivity contribution in [3.63, 3.8) is 0 Å². The minimum atomic E-state index is -0.807. The van der Waals surface area contributed by atoms with Crippen LogP contribution < -0.4 is 0 Å². The Bertz CT molecular complexity index is 426. The predicted molar refractivity (Wildman–Crippen MR) is 60.9 cm³/mol. The van der Waals surface area contributed by atoms with Crippen LogP contribution in [0.15, 0.2) is 0 Å². The van der Waals surface area contributed by atoms with Crippen LogP contribution in [0.2, 0.25) is 5.15 Å². The molecule has 1 aliphatic rings. The highest BCUT2D eigenvalue weighted by molar-refractivity contribution is 6.30. The minimum Gasteiger partial charge on any atom is -0.481 e. The number of imidazole rings is 1. The van der Waals surface area contributed by atoms with Gasteiger partial charge in [0.05, 0.1) is 5.69 Å². The number of fused-ring (bicyclic) bond motifs is 1. The van der Waals surface area contributed by atoms with Gasteiger partial charge in [-0.3, -0.25) is 4.79 Å². The Balaban J connectivity index is 2.53. The summed E-state index contributed by atoms with van der Waals surface area (Å²) in [6.45, 7) is 4.90. The third-order valence-electron chi connectivity index (χ3n) is 3.01. The van der Waals surface area contributed by atoms with E-state index in [2.05, 4.69) is 4.98 Å². The van der Waals surface area contributed by atoms with Gasteiger partial charge in [-0.15, -0.1) is 0 Å². The van der Waals surface area contributed by atoms with E-state index in [0.29, 0.717) is 17.3 Å². The highest BCUT2D eigenvalue weighted by Gasteiger charge is 2.32. The van der Waals surface area contributed by atoms with E-state index in [-0.39, 0.29) is 5.92 Å². The average molecular weight is 243 g/mol. The molecule has 0 saturated heterocycles. The molecule has 4 nitrogen and oxygen atoms in total. The third kappa shape index (κ3) is 1.71. The lowest BCUT2D eigenvalue weighted by atomic mass is 9.96. The summed E-state index contributed by atoms with van der Waals surface area (Å²) in [5.41, 5.74) is 0.684. The molecule has 0 radical (unpaired) electrons. The molecule has 1 aliphatic heterocycles. The summed E-state index contributed by atoms with van der Waals surface area (Å²) in [7, 11) is 0. The number of hydrogen-bond acceptors (Lipinski definition) is 2. The van der Waals surface area contributed by atoms with E-state index in [1.807, 2.05) is 18.4 Å². The number of carbonyl (C=O) groups is 1. The fraction of sp³-hybridized carbons (Fsp3) is 0.636. The lowest BCUT2D eigenvalue weighted by Gasteiger charge is -2.23. The van der Waals surface area contributed by atoms with Crippen molar-refractivity contribution in [1.82, 2.24) is 9.55 Å². The molecular formula is C11H15ClN2O2. The summed E-state index contributed by atoms with van der Waals surface area (Å²) in [5.74, 6) is -0.149. The van der Waals surface area contributed by atoms with Crippen LogP contribution >= 0.6 is 11.6 Å². The van der Waals surface area contributed by atoms with Crippen molar-refractivity contribution in [1.29, 1.82) is 0 Å². The topological polar surface area (TPSA) is 55.1 Å². The molecule has 0 bridgehead atoms. The van der Waals surface area contributed by atoms with E-state index in [0.717, 1.165) is 18.8 Å². The molecule has 1 unspecified atom stereocenters. The third-order valence-corrected chi connectivity index (χ3v) is 3.29. The molecule has 0 saturated carbocycles. The summed E-state index contributed by atoms with van der Waals surface area (Å²) in [6.07, 6.45) is 1.52. The van der Waals surface area contributed by atoms with Crippen molar-refractivity contribution in [2.45, 2.75) is 45.1 Å². The molecule has 2 heterocycles. The van der Waals surface area contributed by atoms with Crippen molar-refractivity contribution < 1.29 is 9.90 Å². The fourth-order valence-electron chi connectivity index (χ4n) is 2.29. The first-order valence-electron chi connectivity index (χ1n) is 5.51. The lowest BCUT2D eigenvalue weighted by molar-refractivity contribution is -0.139. The van der Waals surface area contributed by atoms with Gasteiger partial charge in [0.15, 0.2) is 5.15 Å². The zero-order valence-corrected chi connectivity index (χ0v) is 10.2. The van der Waals surface area contributed by atoms with Crippen LogP contribution in [-0.4, -0.2) is 20.6 Å². The van der Waals surface area contributed by atoms with E-state index < -0.39 is 11.9 Å². The van der Waals surface area contributed by atoms with Gasteiger partial charge in [-0.25, -0.2) is 4.98 Å². The first-order chi connectivity index (χ1) is 7.52. The van der Waals surface area contributed by atoms with Gasteiger partial charge in [-0.1, -0.05) is 25.4 Å². The molecule has 1 atom stereocenters. The Morgan fingerprint density at radius 3 is 2.88 bits per heavy atom. The summed E-state index contributed by atoms with van der Waals surface area (Å²) >= 11 is 6.05. The van der Waals surface area contributed by atoms with Crippen molar-refractivity contribution in [3.8, 4) is 0 Å². The van der Waals surface area contributed by atoms with Crippen LogP contribution in [0.4, 0.5) is 0 Å². The molecule has 0 aromatic carbocycles. The average Bonchev–Trinajstić information content (AvgIpc) is 2.56. The molecule has 1 N–H and O–H groups in total. The maximum absolute atomic E-state index is 11.1. The monoisotopic (exact) mass is 242 g/mol. The van der Waals surface area contributed by atoms with Crippen molar-refractivity contribution >= 4 is 17.6 Å². The number of aliphatic carboxylic acids is 1. The van der Waals surface area contributed by atoms with Gasteiger partial charge in [-0.2, -0.15) is 0 Å². The van der Waals surface area contributed by atoms with E-state index in [1.165, 1.54) is 0 Å². The SMILES string of the molecule is CC(C)c1nc(Cl)c2n1CCCC2C(=O)O. The van der Waals surface area contributed by atoms with Gasteiger partial charge in [0.1, 0.15) is 11.7 Å². The quantitative estimate of drug-likeness (QED) is 0.867. The highest BCUT2D eigenvalue weighted by atomic mass is 35.5. The van der Waals surface area contributed by atoms with Crippen LogP contribution in [-0.2, 0) is 11.3 Å². The van der Waals surface area contributed by atoms with Crippen molar-refractivity contribution in [2.24, 2.45) is 0 Å². The number of aromatic nitrogens is 2. The van der Waals surface area contributed by atoms with E-state index >= 15 is 0 Å². The van der Waals surface area contributed by atoms with Crippen LogP contribution in [0.1, 0.15) is 50.0 Å². The van der Waals surface area contributed by atoms with Crippen LogP contribution in [0.3, 0.4) is 0 Å². The van der Waals surface area contributed by atoms with E-state index in [1.54, 1.807) is 0 Å². The number of nitrogens with zero attached hydrogens (tertiary/aromatic N) is 2. The number of rotatable bonds is 2. The molecule has 16 heavy (non-hydrogen) atoms. The smallest absolute Gasteiger partial charge is 0.312 e. The number of carboxylic acids is 1. The molecule has 0 aliphatic carbocycles. The summed E-state index contributed by atoms with van der Waals surface area (Å²) in [6, 6.07) is 0. The van der Waals surface area contributed by atoms with Gasteiger partial charge in [0, 0.05) is 12.5 Å². The molecule has 2 rings (SSSR count). The number of carboxylic acid groups (broad SMARTS) is 1. The molecule has 1 aromatic rings. The summed E-state index contributed by atoms with van der Waals surface area (Å²) in [5, 5.41) is 9.51. The maximum Gasteiger partial charge on any atom is 0.312 e. The van der Waals surface area contributed by atoms with Gasteiger partial charge >= 0.3 is 5.97 Å². The summed E-state index contributed by atoms with van der Waals surface area (Å²) < 4.78 is 1.98. The molecule has 5 heteroatoms. The van der Waals surface area contributed by atoms with E-state index in [4.69, 9.17) is 16.7 Å². The first-order valence-corrected chi connectivity index (χ1v) is 5.88. The van der Waals surface area contributed by atoms with Gasteiger partial charge in [0.25, 0.3) is 0 Å². The van der Waals surface area contributed by atoms with Crippen molar-refractivity contribution in [2.75, 3.05) is 0 Å². The standard InChI is InChI=1S/C11H15ClN2O2/c1-6(2)10-13-9(12)8-7(11(15)16)4-3-5-14(8)10/h6-7H,3-5H2,1-2H3,(H,15,16). The summed E-state index contributed by atoms with van der Waals surface area (Å²) in [4.78, 5) is 15.4. The second-order valence-electron chi connectivity index (χ2n) is 4.49. The van der Waals surface area contributed by atoms with E-state index in [9.17, 15) is 4.79 Å². The second kappa shape index (κ2) is 4.09. The molecule has 0 spiro atoms. The molecule has 1 aromatic heterocycles. The largest absolute Gasteiger partial charge is 0.481 e. The van der Waals surface area contributed by atoms with Crippen LogP contribution in [0.25, 0.3) is 0 Å². The number of halogens is 1. The number of hydrogen-bond donors (Lipinski definition) is 1. The van der Waals surface area contributed by atoms with Gasteiger partial charge in [-0.05, 0) is 12.8 Å². The van der Waals surface area contributed by atoms with Crippen molar-refractivity contribution in [3.05, 3.63) is 16.7 Å². The highest BCUT2D eigenvalue weighted by Crippen LogP contribution is 2.35.